The predicted molar refractivity (Wildman–Crippen MR) is 92.2 cm³/mol. The fourth-order valence-electron chi connectivity index (χ4n) is 2.32. The molecule has 0 unspecified atom stereocenters. The molecule has 3 rings (SSSR count). The van der Waals surface area contributed by atoms with E-state index in [1.165, 1.54) is 17.0 Å². The summed E-state index contributed by atoms with van der Waals surface area (Å²) in [6, 6.07) is 20.5. The first kappa shape index (κ1) is 15.7. The maximum atomic E-state index is 12.2. The molecule has 3 aromatic rings. The predicted octanol–water partition coefficient (Wildman–Crippen LogP) is 2.23. The summed E-state index contributed by atoms with van der Waals surface area (Å²) in [5, 5.41) is 2.79. The quantitative estimate of drug-likeness (QED) is 0.784. The Morgan fingerprint density at radius 2 is 1.67 bits per heavy atom. The highest BCUT2D eigenvalue weighted by molar-refractivity contribution is 5.75. The lowest BCUT2D eigenvalue weighted by atomic mass is 10.1. The number of aromatic nitrogens is 2. The minimum Gasteiger partial charge on any atom is -0.350 e. The molecule has 1 N–H and O–H groups in total. The SMILES string of the molecule is O=C(Cn1cnc(-c2ccccc2)cc1=O)NCc1ccccc1. The molecule has 0 saturated carbocycles. The number of carbonyl (C=O) groups excluding carboxylic acids is 1. The monoisotopic (exact) mass is 319 g/mol. The maximum Gasteiger partial charge on any atom is 0.254 e. The molecule has 0 saturated heterocycles. The number of amides is 1. The van der Waals surface area contributed by atoms with Gasteiger partial charge in [-0.1, -0.05) is 60.7 Å². The van der Waals surface area contributed by atoms with E-state index in [2.05, 4.69) is 10.3 Å². The summed E-state index contributed by atoms with van der Waals surface area (Å²) in [6.07, 6.45) is 1.41. The Balaban J connectivity index is 1.65. The molecule has 24 heavy (non-hydrogen) atoms. The van der Waals surface area contributed by atoms with E-state index >= 15 is 0 Å². The molecule has 120 valence electrons. The minimum absolute atomic E-state index is 0.0479. The zero-order valence-electron chi connectivity index (χ0n) is 13.1. The van der Waals surface area contributed by atoms with Crippen LogP contribution in [0.15, 0.2) is 77.9 Å². The molecular formula is C19H17N3O2. The van der Waals surface area contributed by atoms with Crippen molar-refractivity contribution in [2.24, 2.45) is 0 Å². The normalized spacial score (nSPS) is 10.3. The van der Waals surface area contributed by atoms with Gasteiger partial charge in [0.15, 0.2) is 0 Å². The average molecular weight is 319 g/mol. The van der Waals surface area contributed by atoms with Crippen LogP contribution in [0.25, 0.3) is 11.3 Å². The van der Waals surface area contributed by atoms with E-state index in [1.54, 1.807) is 0 Å². The van der Waals surface area contributed by atoms with Gasteiger partial charge in [-0.15, -0.1) is 0 Å². The molecule has 0 bridgehead atoms. The summed E-state index contributed by atoms with van der Waals surface area (Å²) in [4.78, 5) is 28.4. The van der Waals surface area contributed by atoms with Gasteiger partial charge in [0, 0.05) is 18.2 Å². The Hall–Kier alpha value is -3.21. The molecule has 5 heteroatoms. The highest BCUT2D eigenvalue weighted by atomic mass is 16.2. The van der Waals surface area contributed by atoms with Gasteiger partial charge in [0.1, 0.15) is 6.54 Å². The largest absolute Gasteiger partial charge is 0.350 e. The zero-order valence-corrected chi connectivity index (χ0v) is 13.1. The van der Waals surface area contributed by atoms with Crippen LogP contribution in [-0.2, 0) is 17.9 Å². The molecule has 0 aliphatic rings. The second-order valence-electron chi connectivity index (χ2n) is 5.37. The lowest BCUT2D eigenvalue weighted by Gasteiger charge is -2.08. The first-order chi connectivity index (χ1) is 11.7. The van der Waals surface area contributed by atoms with Crippen LogP contribution in [0.1, 0.15) is 5.56 Å². The van der Waals surface area contributed by atoms with Gasteiger partial charge in [-0.05, 0) is 5.56 Å². The number of hydrogen-bond acceptors (Lipinski definition) is 3. The van der Waals surface area contributed by atoms with Gasteiger partial charge in [0.25, 0.3) is 5.56 Å². The van der Waals surface area contributed by atoms with Crippen LogP contribution in [0.5, 0.6) is 0 Å². The van der Waals surface area contributed by atoms with E-state index in [0.29, 0.717) is 12.2 Å². The Morgan fingerprint density at radius 3 is 2.33 bits per heavy atom. The maximum absolute atomic E-state index is 12.2. The number of nitrogens with zero attached hydrogens (tertiary/aromatic N) is 2. The molecule has 5 nitrogen and oxygen atoms in total. The van der Waals surface area contributed by atoms with Crippen molar-refractivity contribution < 1.29 is 4.79 Å². The summed E-state index contributed by atoms with van der Waals surface area (Å²) < 4.78 is 1.30. The molecule has 2 aromatic carbocycles. The lowest BCUT2D eigenvalue weighted by Crippen LogP contribution is -2.31. The Kier molecular flexibility index (Phi) is 4.81. The highest BCUT2D eigenvalue weighted by Gasteiger charge is 2.07. The van der Waals surface area contributed by atoms with Crippen LogP contribution < -0.4 is 10.9 Å². The Morgan fingerprint density at radius 1 is 1.00 bits per heavy atom. The number of nitrogens with one attached hydrogen (secondary N) is 1. The summed E-state index contributed by atoms with van der Waals surface area (Å²) in [5.41, 5.74) is 2.23. The van der Waals surface area contributed by atoms with Crippen LogP contribution in [0.4, 0.5) is 0 Å². The minimum atomic E-state index is -0.251. The molecular weight excluding hydrogens is 302 g/mol. The van der Waals surface area contributed by atoms with Gasteiger partial charge in [0.05, 0.1) is 12.0 Å². The van der Waals surface area contributed by atoms with Crippen molar-refractivity contribution in [2.75, 3.05) is 0 Å². The van der Waals surface area contributed by atoms with Gasteiger partial charge >= 0.3 is 0 Å². The van der Waals surface area contributed by atoms with Crippen LogP contribution in [0.3, 0.4) is 0 Å². The number of rotatable bonds is 5. The number of hydrogen-bond donors (Lipinski definition) is 1. The highest BCUT2D eigenvalue weighted by Crippen LogP contribution is 2.13. The van der Waals surface area contributed by atoms with E-state index in [0.717, 1.165) is 11.1 Å². The van der Waals surface area contributed by atoms with Crippen molar-refractivity contribution >= 4 is 5.91 Å². The third kappa shape index (κ3) is 3.95. The molecule has 0 fully saturated rings. The van der Waals surface area contributed by atoms with Gasteiger partial charge in [-0.3, -0.25) is 14.2 Å². The van der Waals surface area contributed by atoms with Crippen LogP contribution in [0.2, 0.25) is 0 Å². The van der Waals surface area contributed by atoms with E-state index in [1.807, 2.05) is 60.7 Å². The summed E-state index contributed by atoms with van der Waals surface area (Å²) >= 11 is 0. The molecule has 1 aromatic heterocycles. The number of benzene rings is 2. The van der Waals surface area contributed by atoms with Crippen molar-refractivity contribution in [3.63, 3.8) is 0 Å². The first-order valence-corrected chi connectivity index (χ1v) is 7.65. The van der Waals surface area contributed by atoms with Gasteiger partial charge in [-0.2, -0.15) is 0 Å². The average Bonchev–Trinajstić information content (AvgIpc) is 2.63. The van der Waals surface area contributed by atoms with Crippen molar-refractivity contribution in [1.29, 1.82) is 0 Å². The number of carbonyl (C=O) groups is 1. The van der Waals surface area contributed by atoms with Crippen LogP contribution >= 0.6 is 0 Å². The lowest BCUT2D eigenvalue weighted by molar-refractivity contribution is -0.121. The van der Waals surface area contributed by atoms with Crippen molar-refractivity contribution in [3.05, 3.63) is 89.0 Å². The fourth-order valence-corrected chi connectivity index (χ4v) is 2.32. The summed E-state index contributed by atoms with van der Waals surface area (Å²) in [5.74, 6) is -0.227. The Labute approximate surface area is 139 Å². The van der Waals surface area contributed by atoms with E-state index in [9.17, 15) is 9.59 Å². The molecule has 0 aliphatic heterocycles. The van der Waals surface area contributed by atoms with Gasteiger partial charge < -0.3 is 5.32 Å². The van der Waals surface area contributed by atoms with Gasteiger partial charge in [-0.25, -0.2) is 4.98 Å². The standard InChI is InChI=1S/C19H17N3O2/c23-18(20-12-15-7-3-1-4-8-15)13-22-14-21-17(11-19(22)24)16-9-5-2-6-10-16/h1-11,14H,12-13H2,(H,20,23). The first-order valence-electron chi connectivity index (χ1n) is 7.65. The molecule has 0 atom stereocenters. The fraction of sp³-hybridized carbons (Fsp3) is 0.105. The third-order valence-corrected chi connectivity index (χ3v) is 3.60. The molecule has 1 heterocycles. The van der Waals surface area contributed by atoms with E-state index in [4.69, 9.17) is 0 Å². The second kappa shape index (κ2) is 7.37. The molecule has 0 spiro atoms. The Bertz CT molecular complexity index is 874. The third-order valence-electron chi connectivity index (χ3n) is 3.60. The van der Waals surface area contributed by atoms with Crippen molar-refractivity contribution in [2.45, 2.75) is 13.1 Å². The zero-order chi connectivity index (χ0) is 16.8. The van der Waals surface area contributed by atoms with Crippen LogP contribution in [-0.4, -0.2) is 15.5 Å². The smallest absolute Gasteiger partial charge is 0.254 e. The summed E-state index contributed by atoms with van der Waals surface area (Å²) in [6.45, 7) is 0.387. The van der Waals surface area contributed by atoms with Crippen LogP contribution in [0, 0.1) is 0 Å². The molecule has 0 aliphatic carbocycles. The topological polar surface area (TPSA) is 64.0 Å². The van der Waals surface area contributed by atoms with E-state index < -0.39 is 0 Å². The molecule has 1 amide bonds. The molecule has 0 radical (unpaired) electrons. The van der Waals surface area contributed by atoms with Crippen molar-refractivity contribution in [3.8, 4) is 11.3 Å². The van der Waals surface area contributed by atoms with E-state index in [-0.39, 0.29) is 18.0 Å². The van der Waals surface area contributed by atoms with Gasteiger partial charge in [0.2, 0.25) is 5.91 Å². The van der Waals surface area contributed by atoms with Crippen molar-refractivity contribution in [1.82, 2.24) is 14.9 Å². The second-order valence-corrected chi connectivity index (χ2v) is 5.37. The summed E-state index contributed by atoms with van der Waals surface area (Å²) in [7, 11) is 0.